The van der Waals surface area contributed by atoms with Crippen molar-refractivity contribution >= 4 is 8.45 Å². The van der Waals surface area contributed by atoms with Gasteiger partial charge in [-0.15, -0.1) is 0 Å². The van der Waals surface area contributed by atoms with Crippen molar-refractivity contribution in [3.05, 3.63) is 0 Å². The van der Waals surface area contributed by atoms with Gasteiger partial charge in [-0.3, -0.25) is 0 Å². The highest BCUT2D eigenvalue weighted by atomic mass is 31.2. The molecule has 21 heavy (non-hydrogen) atoms. The molecule has 0 aromatic rings. The minimum absolute atomic E-state index is 0.195. The zero-order chi connectivity index (χ0) is 16.0. The lowest BCUT2D eigenvalue weighted by Gasteiger charge is -2.38. The molecular formula is C16H35N2O2P. The Morgan fingerprint density at radius 1 is 0.905 bits per heavy atom. The van der Waals surface area contributed by atoms with E-state index in [0.29, 0.717) is 12.0 Å². The number of nitrogens with zero attached hydrogens (tertiary/aromatic N) is 2. The Labute approximate surface area is 133 Å². The van der Waals surface area contributed by atoms with Gasteiger partial charge >= 0.3 is 0 Å². The lowest BCUT2D eigenvalue weighted by Crippen LogP contribution is -2.35. The van der Waals surface area contributed by atoms with Gasteiger partial charge in [0.15, 0.2) is 8.45 Å². The zero-order valence-corrected chi connectivity index (χ0v) is 15.9. The van der Waals surface area contributed by atoms with Crippen molar-refractivity contribution in [2.75, 3.05) is 26.2 Å². The van der Waals surface area contributed by atoms with Gasteiger partial charge in [0.2, 0.25) is 0 Å². The minimum Gasteiger partial charge on any atom is -0.372 e. The van der Waals surface area contributed by atoms with Crippen molar-refractivity contribution in [1.82, 2.24) is 9.34 Å². The van der Waals surface area contributed by atoms with E-state index < -0.39 is 8.45 Å². The summed E-state index contributed by atoms with van der Waals surface area (Å²) < 4.78 is 17.6. The first-order chi connectivity index (χ1) is 10.0. The van der Waals surface area contributed by atoms with E-state index in [1.807, 2.05) is 0 Å². The predicted octanol–water partition coefficient (Wildman–Crippen LogP) is 4.12. The third-order valence-corrected chi connectivity index (χ3v) is 7.05. The summed E-state index contributed by atoms with van der Waals surface area (Å²) in [6.07, 6.45) is 1.82. The monoisotopic (exact) mass is 318 g/mol. The molecular weight excluding hydrogens is 283 g/mol. The van der Waals surface area contributed by atoms with Gasteiger partial charge in [-0.1, -0.05) is 41.5 Å². The Morgan fingerprint density at radius 2 is 1.38 bits per heavy atom. The first kappa shape index (κ1) is 19.3. The van der Waals surface area contributed by atoms with Crippen LogP contribution in [0.5, 0.6) is 0 Å². The Kier molecular flexibility index (Phi) is 8.66. The maximum absolute atomic E-state index is 6.65. The molecule has 126 valence electrons. The molecule has 1 aliphatic rings. The molecule has 0 aliphatic carbocycles. The fraction of sp³-hybridized carbons (Fsp3) is 1.00. The summed E-state index contributed by atoms with van der Waals surface area (Å²) in [6, 6.07) is 0. The van der Waals surface area contributed by atoms with Crippen molar-refractivity contribution in [2.24, 2.45) is 5.92 Å². The van der Waals surface area contributed by atoms with Crippen LogP contribution >= 0.6 is 8.45 Å². The molecule has 1 heterocycles. The van der Waals surface area contributed by atoms with E-state index in [1.165, 1.54) is 0 Å². The molecule has 1 fully saturated rings. The molecule has 0 saturated carbocycles. The first-order valence-corrected chi connectivity index (χ1v) is 9.82. The molecule has 2 unspecified atom stereocenters. The summed E-state index contributed by atoms with van der Waals surface area (Å²) in [5.41, 5.74) is 0. The predicted molar refractivity (Wildman–Crippen MR) is 91.4 cm³/mol. The van der Waals surface area contributed by atoms with Crippen molar-refractivity contribution in [3.8, 4) is 0 Å². The zero-order valence-electron chi connectivity index (χ0n) is 15.0. The van der Waals surface area contributed by atoms with Gasteiger partial charge in [-0.05, 0) is 13.3 Å². The highest BCUT2D eigenvalue weighted by Crippen LogP contribution is 2.49. The smallest absolute Gasteiger partial charge is 0.188 e. The van der Waals surface area contributed by atoms with Crippen LogP contribution in [0.15, 0.2) is 0 Å². The number of rotatable bonds is 9. The van der Waals surface area contributed by atoms with E-state index in [0.717, 1.165) is 32.6 Å². The van der Waals surface area contributed by atoms with Crippen LogP contribution in [0.25, 0.3) is 0 Å². The SMILES string of the molecule is CC[C@H]1O[C@@H](C)C(OP(N(CC)CC)N(CC)CC)C1C. The van der Waals surface area contributed by atoms with E-state index in [1.54, 1.807) is 0 Å². The van der Waals surface area contributed by atoms with Gasteiger partial charge in [0, 0.05) is 32.1 Å². The Hall–Kier alpha value is 0.270. The Bertz CT molecular complexity index is 273. The van der Waals surface area contributed by atoms with E-state index in [4.69, 9.17) is 9.26 Å². The van der Waals surface area contributed by atoms with Crippen LogP contribution in [-0.2, 0) is 9.26 Å². The highest BCUT2D eigenvalue weighted by Gasteiger charge is 2.42. The van der Waals surface area contributed by atoms with Gasteiger partial charge in [-0.2, -0.15) is 0 Å². The molecule has 1 saturated heterocycles. The molecule has 0 spiro atoms. The van der Waals surface area contributed by atoms with E-state index in [2.05, 4.69) is 57.8 Å². The quantitative estimate of drug-likeness (QED) is 0.597. The fourth-order valence-electron chi connectivity index (χ4n) is 3.12. The van der Waals surface area contributed by atoms with E-state index in [-0.39, 0.29) is 12.2 Å². The van der Waals surface area contributed by atoms with Gasteiger partial charge in [0.1, 0.15) is 0 Å². The van der Waals surface area contributed by atoms with Crippen LogP contribution in [-0.4, -0.2) is 53.8 Å². The second-order valence-electron chi connectivity index (χ2n) is 5.75. The van der Waals surface area contributed by atoms with Crippen LogP contribution < -0.4 is 0 Å². The lowest BCUT2D eigenvalue weighted by atomic mass is 9.98. The van der Waals surface area contributed by atoms with Gasteiger partial charge in [0.05, 0.1) is 18.3 Å². The molecule has 4 atom stereocenters. The van der Waals surface area contributed by atoms with E-state index in [9.17, 15) is 0 Å². The van der Waals surface area contributed by atoms with Crippen molar-refractivity contribution in [1.29, 1.82) is 0 Å². The topological polar surface area (TPSA) is 24.9 Å². The molecule has 0 bridgehead atoms. The van der Waals surface area contributed by atoms with Crippen LogP contribution in [0.1, 0.15) is 54.9 Å². The second kappa shape index (κ2) is 9.42. The average molecular weight is 318 g/mol. The molecule has 1 aliphatic heterocycles. The van der Waals surface area contributed by atoms with Crippen LogP contribution in [0.2, 0.25) is 0 Å². The molecule has 5 heteroatoms. The average Bonchev–Trinajstić information content (AvgIpc) is 2.76. The van der Waals surface area contributed by atoms with Crippen LogP contribution in [0, 0.1) is 5.92 Å². The fourth-order valence-corrected chi connectivity index (χ4v) is 5.29. The Balaban J connectivity index is 2.85. The third kappa shape index (κ3) is 4.62. The van der Waals surface area contributed by atoms with Crippen molar-refractivity contribution in [2.45, 2.75) is 73.2 Å². The summed E-state index contributed by atoms with van der Waals surface area (Å²) in [6.45, 7) is 19.7. The van der Waals surface area contributed by atoms with E-state index >= 15 is 0 Å². The Morgan fingerprint density at radius 3 is 1.71 bits per heavy atom. The second-order valence-corrected chi connectivity index (χ2v) is 7.60. The summed E-state index contributed by atoms with van der Waals surface area (Å²) in [5.74, 6) is 0.473. The van der Waals surface area contributed by atoms with Crippen molar-refractivity contribution in [3.63, 3.8) is 0 Å². The molecule has 1 rings (SSSR count). The number of hydrogen-bond donors (Lipinski definition) is 0. The van der Waals surface area contributed by atoms with Gasteiger partial charge < -0.3 is 9.26 Å². The van der Waals surface area contributed by atoms with Crippen LogP contribution in [0.4, 0.5) is 0 Å². The first-order valence-electron chi connectivity index (χ1n) is 8.65. The van der Waals surface area contributed by atoms with Crippen molar-refractivity contribution < 1.29 is 9.26 Å². The number of ether oxygens (including phenoxy) is 1. The van der Waals surface area contributed by atoms with Gasteiger partial charge in [0.25, 0.3) is 0 Å². The molecule has 0 aromatic heterocycles. The summed E-state index contributed by atoms with van der Waals surface area (Å²) in [4.78, 5) is 0. The molecule has 0 aromatic carbocycles. The summed E-state index contributed by atoms with van der Waals surface area (Å²) in [7, 11) is -0.690. The molecule has 0 amide bonds. The maximum atomic E-state index is 6.65. The van der Waals surface area contributed by atoms with Crippen LogP contribution in [0.3, 0.4) is 0 Å². The van der Waals surface area contributed by atoms with Gasteiger partial charge in [-0.25, -0.2) is 9.34 Å². The molecule has 0 radical (unpaired) electrons. The standard InChI is InChI=1S/C16H35N2O2P/c1-8-15-13(6)16(14(7)19-15)20-21(17(9-2)10-3)18(11-4)12-5/h13-16H,8-12H2,1-7H3/t13?,14-,15+,16?/m0/s1. The summed E-state index contributed by atoms with van der Waals surface area (Å²) >= 11 is 0. The maximum Gasteiger partial charge on any atom is 0.188 e. The largest absolute Gasteiger partial charge is 0.372 e. The molecule has 0 N–H and O–H groups in total. The number of hydrogen-bond acceptors (Lipinski definition) is 4. The highest BCUT2D eigenvalue weighted by molar-refractivity contribution is 7.47. The molecule has 4 nitrogen and oxygen atoms in total. The normalized spacial score (nSPS) is 30.0. The third-order valence-electron chi connectivity index (χ3n) is 4.52. The minimum atomic E-state index is -0.690. The lowest BCUT2D eigenvalue weighted by molar-refractivity contribution is 0.0256. The summed E-state index contributed by atoms with van der Waals surface area (Å²) in [5, 5.41) is 0.